The van der Waals surface area contributed by atoms with E-state index in [1.165, 1.54) is 0 Å². The number of carbonyl (C=O) groups excluding carboxylic acids is 1. The Morgan fingerprint density at radius 2 is 1.83 bits per heavy atom. The minimum Gasteiger partial charge on any atom is -0.508 e. The Balaban J connectivity index is 2.36. The van der Waals surface area contributed by atoms with Crippen molar-refractivity contribution in [1.29, 1.82) is 0 Å². The molecule has 0 aliphatic heterocycles. The van der Waals surface area contributed by atoms with E-state index >= 15 is 0 Å². The quantitative estimate of drug-likeness (QED) is 0.711. The molecule has 98 valence electrons. The molecule has 18 heavy (non-hydrogen) atoms. The number of carboxylic acid groups (broad SMARTS) is 1. The molecule has 0 aliphatic rings. The van der Waals surface area contributed by atoms with Crippen molar-refractivity contribution in [3.63, 3.8) is 0 Å². The van der Waals surface area contributed by atoms with E-state index in [4.69, 9.17) is 10.2 Å². The summed E-state index contributed by atoms with van der Waals surface area (Å²) in [6, 6.07) is 6.68. The van der Waals surface area contributed by atoms with E-state index in [-0.39, 0.29) is 30.5 Å². The van der Waals surface area contributed by atoms with Crippen molar-refractivity contribution in [3.8, 4) is 5.75 Å². The number of carbonyl (C=O) groups is 2. The van der Waals surface area contributed by atoms with E-state index in [0.29, 0.717) is 6.42 Å². The molecule has 3 N–H and O–H groups in total. The molecule has 0 aromatic heterocycles. The molecule has 1 amide bonds. The molecule has 0 bridgehead atoms. The minimum atomic E-state index is -0.976. The topological polar surface area (TPSA) is 86.6 Å². The number of rotatable bonds is 6. The fourth-order valence-electron chi connectivity index (χ4n) is 1.60. The van der Waals surface area contributed by atoms with Gasteiger partial charge in [0.05, 0.1) is 6.42 Å². The number of hydrogen-bond acceptors (Lipinski definition) is 3. The molecule has 0 spiro atoms. The molecule has 1 aromatic carbocycles. The number of aromatic hydroxyl groups is 1. The van der Waals surface area contributed by atoms with E-state index in [2.05, 4.69) is 5.32 Å². The third-order valence-corrected chi connectivity index (χ3v) is 2.45. The van der Waals surface area contributed by atoms with Crippen LogP contribution in [0.4, 0.5) is 0 Å². The van der Waals surface area contributed by atoms with Crippen molar-refractivity contribution < 1.29 is 19.8 Å². The third kappa shape index (κ3) is 5.34. The summed E-state index contributed by atoms with van der Waals surface area (Å²) in [6.07, 6.45) is 0.478. The number of carboxylic acids is 1. The Morgan fingerprint density at radius 3 is 2.39 bits per heavy atom. The lowest BCUT2D eigenvalue weighted by atomic mass is 10.1. The van der Waals surface area contributed by atoms with E-state index < -0.39 is 5.97 Å². The second-order valence-corrected chi connectivity index (χ2v) is 4.23. The fraction of sp³-hybridized carbons (Fsp3) is 0.385. The lowest BCUT2D eigenvalue weighted by Crippen LogP contribution is -2.34. The first-order valence-electron chi connectivity index (χ1n) is 5.76. The van der Waals surface area contributed by atoms with Gasteiger partial charge in [-0.1, -0.05) is 12.1 Å². The molecule has 1 atom stereocenters. The smallest absolute Gasteiger partial charge is 0.303 e. The number of phenolic OH excluding ortho intramolecular Hbond substituents is 1. The van der Waals surface area contributed by atoms with Crippen molar-refractivity contribution >= 4 is 11.9 Å². The molecule has 0 unspecified atom stereocenters. The van der Waals surface area contributed by atoms with Gasteiger partial charge in [0.1, 0.15) is 5.75 Å². The van der Waals surface area contributed by atoms with Gasteiger partial charge in [0.25, 0.3) is 0 Å². The normalized spacial score (nSPS) is 11.8. The highest BCUT2D eigenvalue weighted by molar-refractivity contribution is 5.80. The third-order valence-electron chi connectivity index (χ3n) is 2.45. The van der Waals surface area contributed by atoms with Crippen LogP contribution in [-0.4, -0.2) is 28.1 Å². The van der Waals surface area contributed by atoms with Crippen LogP contribution in [0, 0.1) is 0 Å². The molecular formula is C13H17NO4. The van der Waals surface area contributed by atoms with Gasteiger partial charge in [0.2, 0.25) is 5.91 Å². The van der Waals surface area contributed by atoms with Crippen molar-refractivity contribution in [2.24, 2.45) is 0 Å². The molecule has 0 saturated carbocycles. The summed E-state index contributed by atoms with van der Waals surface area (Å²) in [5, 5.41) is 20.3. The van der Waals surface area contributed by atoms with E-state index in [1.54, 1.807) is 24.3 Å². The van der Waals surface area contributed by atoms with Crippen LogP contribution >= 0.6 is 0 Å². The average molecular weight is 251 g/mol. The Hall–Kier alpha value is -2.04. The Kier molecular flexibility index (Phi) is 5.17. The molecule has 0 radical (unpaired) electrons. The Bertz CT molecular complexity index is 414. The van der Waals surface area contributed by atoms with E-state index in [1.807, 2.05) is 6.92 Å². The van der Waals surface area contributed by atoms with E-state index in [9.17, 15) is 9.59 Å². The van der Waals surface area contributed by atoms with Crippen LogP contribution in [0.5, 0.6) is 5.75 Å². The molecule has 5 nitrogen and oxygen atoms in total. The van der Waals surface area contributed by atoms with Crippen LogP contribution in [0.15, 0.2) is 24.3 Å². The maximum absolute atomic E-state index is 11.4. The SMILES string of the molecule is C[C@H](Cc1ccc(O)cc1)NC(=O)CCC(=O)O. The fourth-order valence-corrected chi connectivity index (χ4v) is 1.60. The lowest BCUT2D eigenvalue weighted by Gasteiger charge is -2.13. The minimum absolute atomic E-state index is 0.00471. The van der Waals surface area contributed by atoms with Crippen molar-refractivity contribution in [3.05, 3.63) is 29.8 Å². The maximum atomic E-state index is 11.4. The molecule has 0 aliphatic carbocycles. The highest BCUT2D eigenvalue weighted by atomic mass is 16.4. The summed E-state index contributed by atoms with van der Waals surface area (Å²) in [7, 11) is 0. The molecule has 1 rings (SSSR count). The summed E-state index contributed by atoms with van der Waals surface area (Å²) in [6.45, 7) is 1.85. The summed E-state index contributed by atoms with van der Waals surface area (Å²) in [5.41, 5.74) is 0.999. The van der Waals surface area contributed by atoms with Gasteiger partial charge < -0.3 is 15.5 Å². The van der Waals surface area contributed by atoms with Crippen LogP contribution in [0.25, 0.3) is 0 Å². The lowest BCUT2D eigenvalue weighted by molar-refractivity contribution is -0.138. The molecular weight excluding hydrogens is 234 g/mol. The highest BCUT2D eigenvalue weighted by Crippen LogP contribution is 2.11. The summed E-state index contributed by atoms with van der Waals surface area (Å²) < 4.78 is 0. The summed E-state index contributed by atoms with van der Waals surface area (Å²) >= 11 is 0. The highest BCUT2D eigenvalue weighted by Gasteiger charge is 2.09. The summed E-state index contributed by atoms with van der Waals surface area (Å²) in [5.74, 6) is -1.03. The largest absolute Gasteiger partial charge is 0.508 e. The van der Waals surface area contributed by atoms with Gasteiger partial charge in [-0.15, -0.1) is 0 Å². The second kappa shape index (κ2) is 6.64. The number of benzene rings is 1. The monoisotopic (exact) mass is 251 g/mol. The van der Waals surface area contributed by atoms with Crippen molar-refractivity contribution in [2.45, 2.75) is 32.2 Å². The predicted octanol–water partition coefficient (Wildman–Crippen LogP) is 1.30. The number of nitrogens with one attached hydrogen (secondary N) is 1. The molecule has 0 fully saturated rings. The van der Waals surface area contributed by atoms with Crippen molar-refractivity contribution in [2.75, 3.05) is 0 Å². The van der Waals surface area contributed by atoms with Gasteiger partial charge in [0, 0.05) is 12.5 Å². The first-order valence-corrected chi connectivity index (χ1v) is 5.76. The molecule has 0 saturated heterocycles. The van der Waals surface area contributed by atoms with E-state index in [0.717, 1.165) is 5.56 Å². The molecule has 1 aromatic rings. The number of aliphatic carboxylic acids is 1. The number of hydrogen-bond donors (Lipinski definition) is 3. The maximum Gasteiger partial charge on any atom is 0.303 e. The van der Waals surface area contributed by atoms with Crippen LogP contribution < -0.4 is 5.32 Å². The Labute approximate surface area is 105 Å². The zero-order chi connectivity index (χ0) is 13.5. The number of amides is 1. The van der Waals surface area contributed by atoms with Crippen LogP contribution in [0.3, 0.4) is 0 Å². The van der Waals surface area contributed by atoms with Crippen LogP contribution in [0.1, 0.15) is 25.3 Å². The van der Waals surface area contributed by atoms with Gasteiger partial charge in [-0.05, 0) is 31.0 Å². The second-order valence-electron chi connectivity index (χ2n) is 4.23. The van der Waals surface area contributed by atoms with Gasteiger partial charge in [-0.2, -0.15) is 0 Å². The number of phenols is 1. The first kappa shape index (κ1) is 14.0. The Morgan fingerprint density at radius 1 is 1.22 bits per heavy atom. The van der Waals surface area contributed by atoms with Crippen molar-refractivity contribution in [1.82, 2.24) is 5.32 Å². The molecule has 0 heterocycles. The van der Waals surface area contributed by atoms with Gasteiger partial charge >= 0.3 is 5.97 Å². The van der Waals surface area contributed by atoms with Gasteiger partial charge in [-0.25, -0.2) is 0 Å². The van der Waals surface area contributed by atoms with Gasteiger partial charge in [-0.3, -0.25) is 9.59 Å². The van der Waals surface area contributed by atoms with Crippen LogP contribution in [0.2, 0.25) is 0 Å². The summed E-state index contributed by atoms with van der Waals surface area (Å²) in [4.78, 5) is 21.7. The first-order chi connectivity index (χ1) is 8.47. The zero-order valence-electron chi connectivity index (χ0n) is 10.2. The average Bonchev–Trinajstić information content (AvgIpc) is 2.29. The zero-order valence-corrected chi connectivity index (χ0v) is 10.2. The van der Waals surface area contributed by atoms with Crippen LogP contribution in [-0.2, 0) is 16.0 Å². The standard InChI is InChI=1S/C13H17NO4/c1-9(14-12(16)6-7-13(17)18)8-10-2-4-11(15)5-3-10/h2-5,9,15H,6-8H2,1H3,(H,14,16)(H,17,18)/t9-/m1/s1. The molecule has 5 heteroatoms. The predicted molar refractivity (Wildman–Crippen MR) is 66.3 cm³/mol. The van der Waals surface area contributed by atoms with Gasteiger partial charge in [0.15, 0.2) is 0 Å².